The number of aryl methyl sites for hydroxylation is 1. The summed E-state index contributed by atoms with van der Waals surface area (Å²) in [4.78, 5) is 26.0. The zero-order valence-corrected chi connectivity index (χ0v) is 17.6. The lowest BCUT2D eigenvalue weighted by atomic mass is 9.95. The number of thioether (sulfide) groups is 1. The van der Waals surface area contributed by atoms with Crippen LogP contribution in [0.4, 0.5) is 5.00 Å². The number of benzene rings is 1. The Morgan fingerprint density at radius 3 is 2.89 bits per heavy atom. The monoisotopic (exact) mass is 423 g/mol. The van der Waals surface area contributed by atoms with Gasteiger partial charge in [-0.2, -0.15) is 0 Å². The van der Waals surface area contributed by atoms with Crippen LogP contribution in [0.25, 0.3) is 0 Å². The molecule has 144 valence electrons. The van der Waals surface area contributed by atoms with Gasteiger partial charge in [0.05, 0.1) is 17.9 Å². The van der Waals surface area contributed by atoms with E-state index in [-0.39, 0.29) is 11.9 Å². The fraction of sp³-hybridized carbons (Fsp3) is 0.400. The normalized spacial score (nSPS) is 13.1. The molecule has 0 saturated heterocycles. The van der Waals surface area contributed by atoms with Crippen LogP contribution in [0.2, 0.25) is 5.02 Å². The number of hydrogen-bond acceptors (Lipinski definition) is 5. The molecule has 0 spiro atoms. The molecule has 1 aliphatic carbocycles. The van der Waals surface area contributed by atoms with Crippen molar-refractivity contribution in [1.82, 2.24) is 0 Å². The first-order valence-electron chi connectivity index (χ1n) is 9.02. The number of anilines is 1. The van der Waals surface area contributed by atoms with Crippen molar-refractivity contribution in [2.75, 3.05) is 17.7 Å². The van der Waals surface area contributed by atoms with Crippen LogP contribution in [-0.2, 0) is 28.1 Å². The first kappa shape index (κ1) is 20.2. The Balaban J connectivity index is 1.64. The molecular formula is C20H22ClNO3S2. The van der Waals surface area contributed by atoms with Crippen molar-refractivity contribution in [2.45, 2.75) is 38.4 Å². The predicted molar refractivity (Wildman–Crippen MR) is 113 cm³/mol. The van der Waals surface area contributed by atoms with E-state index in [2.05, 4.69) is 5.32 Å². The largest absolute Gasteiger partial charge is 0.462 e. The highest BCUT2D eigenvalue weighted by atomic mass is 35.5. The van der Waals surface area contributed by atoms with Gasteiger partial charge in [-0.25, -0.2) is 4.79 Å². The second-order valence-corrected chi connectivity index (χ2v) is 8.83. The fourth-order valence-electron chi connectivity index (χ4n) is 3.12. The molecule has 0 bridgehead atoms. The third kappa shape index (κ3) is 5.27. The molecule has 1 aliphatic rings. The number of nitrogens with one attached hydrogen (secondary N) is 1. The van der Waals surface area contributed by atoms with Crippen molar-refractivity contribution in [3.05, 3.63) is 50.9 Å². The lowest BCUT2D eigenvalue weighted by Gasteiger charge is -2.12. The highest BCUT2D eigenvalue weighted by Gasteiger charge is 2.27. The zero-order chi connectivity index (χ0) is 19.2. The number of halogens is 1. The number of ether oxygens (including phenoxy) is 1. The van der Waals surface area contributed by atoms with Gasteiger partial charge in [0.15, 0.2) is 0 Å². The topological polar surface area (TPSA) is 55.4 Å². The molecule has 1 aromatic carbocycles. The molecule has 27 heavy (non-hydrogen) atoms. The van der Waals surface area contributed by atoms with E-state index in [0.717, 1.165) is 36.8 Å². The summed E-state index contributed by atoms with van der Waals surface area (Å²) in [7, 11) is 0. The van der Waals surface area contributed by atoms with E-state index in [1.807, 2.05) is 24.3 Å². The van der Waals surface area contributed by atoms with Gasteiger partial charge >= 0.3 is 5.97 Å². The van der Waals surface area contributed by atoms with E-state index in [0.29, 0.717) is 33.7 Å². The summed E-state index contributed by atoms with van der Waals surface area (Å²) in [5, 5.41) is 4.26. The summed E-state index contributed by atoms with van der Waals surface area (Å²) in [6, 6.07) is 7.62. The smallest absolute Gasteiger partial charge is 0.341 e. The molecule has 0 radical (unpaired) electrons. The second-order valence-electron chi connectivity index (χ2n) is 6.31. The maximum absolute atomic E-state index is 12.4. The van der Waals surface area contributed by atoms with Crippen LogP contribution in [-0.4, -0.2) is 24.2 Å². The van der Waals surface area contributed by atoms with Crippen molar-refractivity contribution < 1.29 is 14.3 Å². The van der Waals surface area contributed by atoms with Gasteiger partial charge in [-0.05, 0) is 55.9 Å². The number of thiophene rings is 1. The van der Waals surface area contributed by atoms with E-state index >= 15 is 0 Å². The third-order valence-corrected chi connectivity index (χ3v) is 6.74. The van der Waals surface area contributed by atoms with Gasteiger partial charge < -0.3 is 10.1 Å². The van der Waals surface area contributed by atoms with Crippen molar-refractivity contribution in [2.24, 2.45) is 0 Å². The molecule has 0 unspecified atom stereocenters. The summed E-state index contributed by atoms with van der Waals surface area (Å²) in [5.41, 5.74) is 2.70. The molecule has 0 aliphatic heterocycles. The van der Waals surface area contributed by atoms with Crippen LogP contribution in [0.15, 0.2) is 24.3 Å². The molecule has 0 saturated carbocycles. The van der Waals surface area contributed by atoms with Crippen LogP contribution >= 0.6 is 34.7 Å². The quantitative estimate of drug-likeness (QED) is 0.611. The summed E-state index contributed by atoms with van der Waals surface area (Å²) in [6.07, 6.45) is 4.03. The molecule has 2 aromatic rings. The molecule has 1 heterocycles. The predicted octanol–water partition coefficient (Wildman–Crippen LogP) is 5.33. The minimum atomic E-state index is -0.334. The zero-order valence-electron chi connectivity index (χ0n) is 15.2. The highest BCUT2D eigenvalue weighted by Crippen LogP contribution is 2.38. The third-order valence-electron chi connectivity index (χ3n) is 4.29. The molecule has 0 fully saturated rings. The Morgan fingerprint density at radius 2 is 2.11 bits per heavy atom. The average Bonchev–Trinajstić information content (AvgIpc) is 2.99. The minimum absolute atomic E-state index is 0.105. The number of amides is 1. The molecule has 1 amide bonds. The van der Waals surface area contributed by atoms with E-state index in [4.69, 9.17) is 16.3 Å². The minimum Gasteiger partial charge on any atom is -0.462 e. The first-order chi connectivity index (χ1) is 13.1. The lowest BCUT2D eigenvalue weighted by Crippen LogP contribution is -2.17. The molecule has 4 nitrogen and oxygen atoms in total. The maximum atomic E-state index is 12.4. The lowest BCUT2D eigenvalue weighted by molar-refractivity contribution is -0.113. The summed E-state index contributed by atoms with van der Waals surface area (Å²) < 4.78 is 5.22. The fourth-order valence-corrected chi connectivity index (χ4v) is 5.41. The standard InChI is InChI=1S/C20H22ClNO3S2/c1-2-25-20(24)18-15-8-3-4-9-16(15)27-19(18)22-17(23)12-26-11-13-6-5-7-14(21)10-13/h5-7,10H,2-4,8-9,11-12H2,1H3,(H,22,23). The Bertz CT molecular complexity index is 835. The molecular weight excluding hydrogens is 402 g/mol. The van der Waals surface area contributed by atoms with Gasteiger partial charge in [0, 0.05) is 15.7 Å². The maximum Gasteiger partial charge on any atom is 0.341 e. The highest BCUT2D eigenvalue weighted by molar-refractivity contribution is 7.99. The Labute approximate surface area is 172 Å². The van der Waals surface area contributed by atoms with Crippen LogP contribution in [0, 0.1) is 0 Å². The number of rotatable bonds is 7. The number of hydrogen-bond donors (Lipinski definition) is 1. The number of carbonyl (C=O) groups excluding carboxylic acids is 2. The van der Waals surface area contributed by atoms with Crippen LogP contribution in [0.5, 0.6) is 0 Å². The SMILES string of the molecule is CCOC(=O)c1c(NC(=O)CSCc2cccc(Cl)c2)sc2c1CCCC2. The van der Waals surface area contributed by atoms with Gasteiger partial charge in [0.2, 0.25) is 5.91 Å². The first-order valence-corrected chi connectivity index (χ1v) is 11.4. The molecule has 1 aromatic heterocycles. The number of carbonyl (C=O) groups is 2. The van der Waals surface area contributed by atoms with Gasteiger partial charge in [-0.1, -0.05) is 23.7 Å². The van der Waals surface area contributed by atoms with Crippen molar-refractivity contribution >= 4 is 51.6 Å². The summed E-state index contributed by atoms with van der Waals surface area (Å²) in [6.45, 7) is 2.12. The molecule has 0 atom stereocenters. The van der Waals surface area contributed by atoms with Gasteiger partial charge in [-0.15, -0.1) is 23.1 Å². The Morgan fingerprint density at radius 1 is 1.30 bits per heavy atom. The van der Waals surface area contributed by atoms with Crippen LogP contribution in [0.1, 0.15) is 46.1 Å². The van der Waals surface area contributed by atoms with Crippen molar-refractivity contribution in [3.8, 4) is 0 Å². The van der Waals surface area contributed by atoms with Crippen molar-refractivity contribution in [3.63, 3.8) is 0 Å². The van der Waals surface area contributed by atoms with Crippen LogP contribution in [0.3, 0.4) is 0 Å². The average molecular weight is 424 g/mol. The Kier molecular flexibility index (Phi) is 7.21. The number of fused-ring (bicyclic) bond motifs is 1. The van der Waals surface area contributed by atoms with E-state index in [9.17, 15) is 9.59 Å². The van der Waals surface area contributed by atoms with Gasteiger partial charge in [0.1, 0.15) is 5.00 Å². The molecule has 1 N–H and O–H groups in total. The van der Waals surface area contributed by atoms with Crippen LogP contribution < -0.4 is 5.32 Å². The summed E-state index contributed by atoms with van der Waals surface area (Å²) >= 11 is 9.02. The van der Waals surface area contributed by atoms with Gasteiger partial charge in [-0.3, -0.25) is 4.79 Å². The van der Waals surface area contributed by atoms with E-state index in [1.165, 1.54) is 28.0 Å². The summed E-state index contributed by atoms with van der Waals surface area (Å²) in [5.74, 6) is 0.585. The van der Waals surface area contributed by atoms with E-state index < -0.39 is 0 Å². The van der Waals surface area contributed by atoms with Gasteiger partial charge in [0.25, 0.3) is 0 Å². The molecule has 3 rings (SSSR count). The molecule has 7 heteroatoms. The second kappa shape index (κ2) is 9.62. The number of esters is 1. The van der Waals surface area contributed by atoms with E-state index in [1.54, 1.807) is 6.92 Å². The Hall–Kier alpha value is -1.50. The van der Waals surface area contributed by atoms with Crippen molar-refractivity contribution in [1.29, 1.82) is 0 Å².